The highest BCUT2D eigenvalue weighted by atomic mass is 32.2. The topological polar surface area (TPSA) is 120 Å². The van der Waals surface area contributed by atoms with E-state index in [-0.39, 0.29) is 23.6 Å². The van der Waals surface area contributed by atoms with Gasteiger partial charge >= 0.3 is 5.97 Å². The summed E-state index contributed by atoms with van der Waals surface area (Å²) in [6.45, 7) is 1.18. The number of hydrogen-bond acceptors (Lipinski definition) is 8. The predicted octanol–water partition coefficient (Wildman–Crippen LogP) is 1.06. The highest BCUT2D eigenvalue weighted by Crippen LogP contribution is 2.31. The molecule has 0 saturated carbocycles. The van der Waals surface area contributed by atoms with Crippen LogP contribution in [0.3, 0.4) is 0 Å². The minimum atomic E-state index is -4.14. The Morgan fingerprint density at radius 2 is 1.82 bits per heavy atom. The fraction of sp³-hybridized carbons (Fsp3) is 0.318. The zero-order chi connectivity index (χ0) is 23.6. The van der Waals surface area contributed by atoms with Crippen LogP contribution in [0.5, 0.6) is 11.5 Å². The van der Waals surface area contributed by atoms with Crippen molar-refractivity contribution in [3.63, 3.8) is 0 Å². The fourth-order valence-electron chi connectivity index (χ4n) is 3.59. The number of sulfonamides is 1. The van der Waals surface area contributed by atoms with Crippen molar-refractivity contribution in [1.29, 1.82) is 0 Å². The molecule has 2 aliphatic rings. The van der Waals surface area contributed by atoms with Gasteiger partial charge in [0.2, 0.25) is 0 Å². The summed E-state index contributed by atoms with van der Waals surface area (Å²) in [5.74, 6) is -1.08. The molecule has 0 radical (unpaired) electrons. The minimum absolute atomic E-state index is 0.00481. The third-order valence-electron chi connectivity index (χ3n) is 5.27. The van der Waals surface area contributed by atoms with Gasteiger partial charge in [0.1, 0.15) is 18.0 Å². The van der Waals surface area contributed by atoms with Crippen LogP contribution < -0.4 is 9.47 Å². The number of carbonyl (C=O) groups excluding carboxylic acids is 3. The number of rotatable bonds is 7. The van der Waals surface area contributed by atoms with Crippen molar-refractivity contribution in [3.8, 4) is 11.5 Å². The molecule has 4 rings (SSSR count). The average molecular weight is 474 g/mol. The van der Waals surface area contributed by atoms with Crippen LogP contribution in [0.15, 0.2) is 53.4 Å². The summed E-state index contributed by atoms with van der Waals surface area (Å²) in [5.41, 5.74) is -0.00481. The van der Waals surface area contributed by atoms with Crippen LogP contribution in [0.2, 0.25) is 0 Å². The summed E-state index contributed by atoms with van der Waals surface area (Å²) in [4.78, 5) is 38.5. The molecule has 0 spiro atoms. The smallest absolute Gasteiger partial charge is 0.327 e. The molecule has 2 aromatic carbocycles. The number of esters is 1. The molecule has 1 atom stereocenters. The molecule has 0 N–H and O–H groups in total. The third kappa shape index (κ3) is 4.49. The van der Waals surface area contributed by atoms with Gasteiger partial charge in [0.15, 0.2) is 24.2 Å². The van der Waals surface area contributed by atoms with Crippen LogP contribution >= 0.6 is 0 Å². The van der Waals surface area contributed by atoms with Crippen LogP contribution in [0.25, 0.3) is 0 Å². The Hall–Kier alpha value is -3.60. The van der Waals surface area contributed by atoms with Gasteiger partial charge in [-0.15, -0.1) is 0 Å². The van der Waals surface area contributed by atoms with Gasteiger partial charge in [-0.25, -0.2) is 12.7 Å². The van der Waals surface area contributed by atoms with E-state index in [0.717, 1.165) is 0 Å². The summed E-state index contributed by atoms with van der Waals surface area (Å²) in [6.07, 6.45) is -0.398. The Labute approximate surface area is 190 Å². The molecule has 0 aliphatic carbocycles. The Bertz CT molecular complexity index is 1200. The molecule has 0 bridgehead atoms. The lowest BCUT2D eigenvalue weighted by Crippen LogP contribution is -2.45. The lowest BCUT2D eigenvalue weighted by Gasteiger charge is -2.30. The summed E-state index contributed by atoms with van der Waals surface area (Å²) in [6, 6.07) is 12.9. The van der Waals surface area contributed by atoms with Crippen LogP contribution in [-0.2, 0) is 24.3 Å². The number of nitrogens with zero attached hydrogens (tertiary/aromatic N) is 2. The molecule has 0 fully saturated rings. The number of likely N-dealkylation sites (N-methyl/N-ethyl adjacent to an activating group) is 1. The van der Waals surface area contributed by atoms with Crippen molar-refractivity contribution in [2.45, 2.75) is 17.9 Å². The van der Waals surface area contributed by atoms with E-state index in [0.29, 0.717) is 22.3 Å². The van der Waals surface area contributed by atoms with Gasteiger partial charge in [0, 0.05) is 6.54 Å². The summed E-state index contributed by atoms with van der Waals surface area (Å²) < 4.78 is 42.0. The first-order valence-electron chi connectivity index (χ1n) is 10.3. The molecule has 2 amide bonds. The van der Waals surface area contributed by atoms with E-state index in [1.807, 2.05) is 12.1 Å². The Morgan fingerprint density at radius 1 is 1.12 bits per heavy atom. The first-order chi connectivity index (χ1) is 15.8. The van der Waals surface area contributed by atoms with Crippen molar-refractivity contribution in [3.05, 3.63) is 54.1 Å². The van der Waals surface area contributed by atoms with Gasteiger partial charge in [0.25, 0.3) is 21.8 Å². The average Bonchev–Trinajstić information content (AvgIpc) is 3.01. The standard InChI is InChI=1S/C22H22N2O8S/c1-2-23(11-15-13-30-17-8-4-5-9-18(17)32-15)20(25)14-31-21(26)12-24-22(27)16-7-3-6-10-19(16)33(24,28)29/h3-10,15H,2,11-14H2,1H3. The van der Waals surface area contributed by atoms with E-state index in [1.165, 1.54) is 29.2 Å². The van der Waals surface area contributed by atoms with E-state index in [4.69, 9.17) is 14.2 Å². The quantitative estimate of drug-likeness (QED) is 0.547. The monoisotopic (exact) mass is 474 g/mol. The highest BCUT2D eigenvalue weighted by Gasteiger charge is 2.42. The number of para-hydroxylation sites is 2. The lowest BCUT2D eigenvalue weighted by molar-refractivity contribution is -0.152. The fourth-order valence-corrected chi connectivity index (χ4v) is 5.10. The first-order valence-corrected chi connectivity index (χ1v) is 11.7. The molecule has 0 saturated heterocycles. The highest BCUT2D eigenvalue weighted by molar-refractivity contribution is 7.90. The second kappa shape index (κ2) is 9.10. The van der Waals surface area contributed by atoms with Crippen LogP contribution in [0.1, 0.15) is 17.3 Å². The maximum Gasteiger partial charge on any atom is 0.327 e. The first kappa shape index (κ1) is 22.6. The zero-order valence-electron chi connectivity index (χ0n) is 17.8. The molecule has 1 unspecified atom stereocenters. The Balaban J connectivity index is 1.31. The van der Waals surface area contributed by atoms with Crippen molar-refractivity contribution in [2.24, 2.45) is 0 Å². The maximum atomic E-state index is 12.6. The van der Waals surface area contributed by atoms with Gasteiger partial charge < -0.3 is 19.1 Å². The summed E-state index contributed by atoms with van der Waals surface area (Å²) in [7, 11) is -4.14. The van der Waals surface area contributed by atoms with Crippen molar-refractivity contribution in [2.75, 3.05) is 32.8 Å². The number of benzene rings is 2. The van der Waals surface area contributed by atoms with Gasteiger partial charge in [0.05, 0.1) is 12.1 Å². The predicted molar refractivity (Wildman–Crippen MR) is 114 cm³/mol. The van der Waals surface area contributed by atoms with E-state index >= 15 is 0 Å². The number of hydrogen-bond donors (Lipinski definition) is 0. The van der Waals surface area contributed by atoms with Gasteiger partial charge in [-0.2, -0.15) is 0 Å². The SMILES string of the molecule is CCN(CC1COc2ccccc2O1)C(=O)COC(=O)CN1C(=O)c2ccccc2S1(=O)=O. The number of fused-ring (bicyclic) bond motifs is 2. The summed E-state index contributed by atoms with van der Waals surface area (Å²) >= 11 is 0. The normalized spacial score (nSPS) is 17.9. The Kier molecular flexibility index (Phi) is 6.23. The molecule has 174 valence electrons. The molecular weight excluding hydrogens is 452 g/mol. The van der Waals surface area contributed by atoms with Gasteiger partial charge in [-0.05, 0) is 31.2 Å². The van der Waals surface area contributed by atoms with E-state index in [2.05, 4.69) is 0 Å². The number of carbonyl (C=O) groups is 3. The minimum Gasteiger partial charge on any atom is -0.486 e. The molecular formula is C22H22N2O8S. The second-order valence-corrected chi connectivity index (χ2v) is 9.23. The number of ether oxygens (including phenoxy) is 3. The second-order valence-electron chi connectivity index (χ2n) is 7.40. The van der Waals surface area contributed by atoms with Gasteiger partial charge in [-0.1, -0.05) is 24.3 Å². The summed E-state index contributed by atoms with van der Waals surface area (Å²) in [5, 5.41) is 0. The molecule has 2 aliphatic heterocycles. The molecule has 2 aromatic rings. The molecule has 0 aromatic heterocycles. The van der Waals surface area contributed by atoms with Crippen LogP contribution in [0, 0.1) is 0 Å². The van der Waals surface area contributed by atoms with Crippen molar-refractivity contribution >= 4 is 27.8 Å². The maximum absolute atomic E-state index is 12.6. The molecule has 33 heavy (non-hydrogen) atoms. The largest absolute Gasteiger partial charge is 0.486 e. The van der Waals surface area contributed by atoms with Crippen molar-refractivity contribution < 1.29 is 37.0 Å². The van der Waals surface area contributed by atoms with Crippen LogP contribution in [0.4, 0.5) is 0 Å². The third-order valence-corrected chi connectivity index (χ3v) is 7.05. The van der Waals surface area contributed by atoms with E-state index < -0.39 is 47.1 Å². The Morgan fingerprint density at radius 3 is 2.55 bits per heavy atom. The number of amides is 2. The molecule has 10 nitrogen and oxygen atoms in total. The lowest BCUT2D eigenvalue weighted by atomic mass is 10.2. The molecule has 2 heterocycles. The van der Waals surface area contributed by atoms with Crippen LogP contribution in [-0.4, -0.2) is 74.4 Å². The van der Waals surface area contributed by atoms with Crippen molar-refractivity contribution in [1.82, 2.24) is 9.21 Å². The zero-order valence-corrected chi connectivity index (χ0v) is 18.6. The van der Waals surface area contributed by atoms with Gasteiger partial charge in [-0.3, -0.25) is 14.4 Å². The van der Waals surface area contributed by atoms with E-state index in [9.17, 15) is 22.8 Å². The van der Waals surface area contributed by atoms with E-state index in [1.54, 1.807) is 19.1 Å². The molecule has 11 heteroatoms.